The van der Waals surface area contributed by atoms with Gasteiger partial charge in [-0.3, -0.25) is 19.2 Å². The summed E-state index contributed by atoms with van der Waals surface area (Å²) in [5.74, 6) is -5.10. The van der Waals surface area contributed by atoms with Crippen LogP contribution in [0.1, 0.15) is 37.8 Å². The van der Waals surface area contributed by atoms with Crippen molar-refractivity contribution in [1.82, 2.24) is 20.9 Å². The van der Waals surface area contributed by atoms with Crippen LogP contribution in [-0.4, -0.2) is 69.0 Å². The molecule has 8 N–H and O–H groups in total. The van der Waals surface area contributed by atoms with Crippen LogP contribution in [-0.2, 0) is 36.8 Å². The highest BCUT2D eigenvalue weighted by Crippen LogP contribution is 2.19. The largest absolute Gasteiger partial charge is 0.481 e. The van der Waals surface area contributed by atoms with Crippen molar-refractivity contribution in [1.29, 1.82) is 0 Å². The Hall–Kier alpha value is -4.71. The molecule has 3 aromatic rings. The zero-order valence-corrected chi connectivity index (χ0v) is 23.5. The normalized spacial score (nSPS) is 14.0. The third-order valence-corrected chi connectivity index (χ3v) is 6.70. The average molecular weight is 580 g/mol. The first-order chi connectivity index (χ1) is 19.9. The molecular weight excluding hydrogens is 542 g/mol. The molecule has 0 bridgehead atoms. The highest BCUT2D eigenvalue weighted by Gasteiger charge is 2.32. The molecule has 4 unspecified atom stereocenters. The Labute approximate surface area is 243 Å². The molecule has 0 aliphatic carbocycles. The number of fused-ring (bicyclic) bond motifs is 1. The Morgan fingerprint density at radius 1 is 0.786 bits per heavy atom. The van der Waals surface area contributed by atoms with Crippen LogP contribution < -0.4 is 21.7 Å². The van der Waals surface area contributed by atoms with Gasteiger partial charge in [-0.1, -0.05) is 62.4 Å². The predicted octanol–water partition coefficient (Wildman–Crippen LogP) is 1.34. The molecule has 3 rings (SSSR count). The van der Waals surface area contributed by atoms with Crippen molar-refractivity contribution in [2.75, 3.05) is 0 Å². The average Bonchev–Trinajstić information content (AvgIpc) is 3.34. The fourth-order valence-electron chi connectivity index (χ4n) is 4.59. The fraction of sp³-hybridized carbons (Fsp3) is 0.367. The van der Waals surface area contributed by atoms with E-state index in [1.165, 1.54) is 0 Å². The fourth-order valence-corrected chi connectivity index (χ4v) is 4.59. The Morgan fingerprint density at radius 3 is 2.02 bits per heavy atom. The number of amides is 3. The zero-order valence-electron chi connectivity index (χ0n) is 23.5. The van der Waals surface area contributed by atoms with Crippen LogP contribution in [0.5, 0.6) is 0 Å². The first-order valence-electron chi connectivity index (χ1n) is 13.6. The number of carbonyl (C=O) groups excluding carboxylic acids is 3. The Kier molecular flexibility index (Phi) is 11.2. The molecule has 12 nitrogen and oxygen atoms in total. The van der Waals surface area contributed by atoms with E-state index in [2.05, 4.69) is 20.9 Å². The number of carboxylic acids is 2. The number of nitrogens with one attached hydrogen (secondary N) is 4. The molecule has 0 saturated carbocycles. The van der Waals surface area contributed by atoms with Crippen molar-refractivity contribution >= 4 is 40.6 Å². The molecule has 0 aliphatic rings. The van der Waals surface area contributed by atoms with E-state index < -0.39 is 60.2 Å². The zero-order chi connectivity index (χ0) is 30.8. The number of hydrogen-bond donors (Lipinski definition) is 7. The number of carboxylic acid groups (broad SMARTS) is 2. The maximum Gasteiger partial charge on any atom is 0.326 e. The summed E-state index contributed by atoms with van der Waals surface area (Å²) < 4.78 is 0. The van der Waals surface area contributed by atoms with Gasteiger partial charge in [0.2, 0.25) is 17.7 Å². The van der Waals surface area contributed by atoms with Gasteiger partial charge in [0.05, 0.1) is 12.5 Å². The number of nitrogens with two attached hydrogens (primary N) is 1. The smallest absolute Gasteiger partial charge is 0.326 e. The summed E-state index contributed by atoms with van der Waals surface area (Å²) in [5.41, 5.74) is 8.35. The summed E-state index contributed by atoms with van der Waals surface area (Å²) in [6.07, 6.45) is 1.19. The lowest BCUT2D eigenvalue weighted by Crippen LogP contribution is -2.58. The Bertz CT molecular complexity index is 1410. The third kappa shape index (κ3) is 9.16. The standard InChI is InChI=1S/C30H37N5O7/c1-17(2)12-23(33-27(38)21(31)13-18-8-4-3-5-9-18)28(39)34-24(15-26(36)37)29(40)35-25(30(41)42)14-19-16-32-22-11-7-6-10-20(19)22/h3-11,16-17,21,23-25,32H,12-15,31H2,1-2H3,(H,33,38)(H,34,39)(H,35,40)(H,36,37)(H,41,42). The second-order valence-corrected chi connectivity index (χ2v) is 10.6. The van der Waals surface area contributed by atoms with E-state index in [4.69, 9.17) is 5.73 Å². The number of carbonyl (C=O) groups is 5. The van der Waals surface area contributed by atoms with Crippen molar-refractivity contribution < 1.29 is 34.2 Å². The van der Waals surface area contributed by atoms with E-state index >= 15 is 0 Å². The molecule has 2 aromatic carbocycles. The molecule has 224 valence electrons. The van der Waals surface area contributed by atoms with Gasteiger partial charge in [-0.2, -0.15) is 0 Å². The van der Waals surface area contributed by atoms with E-state index in [1.807, 2.05) is 62.4 Å². The molecule has 1 heterocycles. The molecule has 1 aromatic heterocycles. The van der Waals surface area contributed by atoms with Crippen molar-refractivity contribution in [3.05, 3.63) is 71.9 Å². The van der Waals surface area contributed by atoms with E-state index in [0.29, 0.717) is 5.56 Å². The number of aromatic nitrogens is 1. The lowest BCUT2D eigenvalue weighted by Gasteiger charge is -2.25. The number of rotatable bonds is 15. The quantitative estimate of drug-likeness (QED) is 0.140. The Morgan fingerprint density at radius 2 is 1.38 bits per heavy atom. The molecule has 0 saturated heterocycles. The molecule has 0 fully saturated rings. The Balaban J connectivity index is 1.71. The lowest BCUT2D eigenvalue weighted by molar-refractivity contribution is -0.143. The van der Waals surface area contributed by atoms with Crippen molar-refractivity contribution in [2.24, 2.45) is 11.7 Å². The van der Waals surface area contributed by atoms with Crippen LogP contribution in [0.15, 0.2) is 60.8 Å². The minimum atomic E-state index is -1.59. The van der Waals surface area contributed by atoms with E-state index in [0.717, 1.165) is 16.5 Å². The first kappa shape index (κ1) is 31.8. The minimum absolute atomic E-state index is 0.0503. The van der Waals surface area contributed by atoms with E-state index in [1.54, 1.807) is 12.3 Å². The molecule has 0 radical (unpaired) electrons. The highest BCUT2D eigenvalue weighted by molar-refractivity contribution is 5.96. The van der Waals surface area contributed by atoms with Gasteiger partial charge in [0.15, 0.2) is 0 Å². The molecule has 4 atom stereocenters. The predicted molar refractivity (Wildman–Crippen MR) is 155 cm³/mol. The van der Waals surface area contributed by atoms with Gasteiger partial charge >= 0.3 is 11.9 Å². The van der Waals surface area contributed by atoms with Gasteiger partial charge in [-0.25, -0.2) is 4.79 Å². The van der Waals surface area contributed by atoms with Gasteiger partial charge in [0.25, 0.3) is 0 Å². The van der Waals surface area contributed by atoms with Gasteiger partial charge in [-0.15, -0.1) is 0 Å². The molecule has 3 amide bonds. The van der Waals surface area contributed by atoms with Crippen molar-refractivity contribution in [3.8, 4) is 0 Å². The van der Waals surface area contributed by atoms with Crippen molar-refractivity contribution in [2.45, 2.75) is 63.7 Å². The molecular formula is C30H37N5O7. The second-order valence-electron chi connectivity index (χ2n) is 10.6. The van der Waals surface area contributed by atoms with Crippen LogP contribution in [0.2, 0.25) is 0 Å². The molecule has 0 aliphatic heterocycles. The van der Waals surface area contributed by atoms with Crippen LogP contribution in [0.25, 0.3) is 10.9 Å². The van der Waals surface area contributed by atoms with Crippen LogP contribution in [0.3, 0.4) is 0 Å². The summed E-state index contributed by atoms with van der Waals surface area (Å²) in [5, 5.41) is 27.4. The highest BCUT2D eigenvalue weighted by atomic mass is 16.4. The van der Waals surface area contributed by atoms with Gasteiger partial charge in [0, 0.05) is 23.5 Å². The number of H-pyrrole nitrogens is 1. The third-order valence-electron chi connectivity index (χ3n) is 6.70. The SMILES string of the molecule is CC(C)CC(NC(=O)C(N)Cc1ccccc1)C(=O)NC(CC(=O)O)C(=O)NC(Cc1c[nH]c2ccccc12)C(=O)O. The van der Waals surface area contributed by atoms with Gasteiger partial charge in [-0.05, 0) is 36.0 Å². The number of benzene rings is 2. The number of aliphatic carboxylic acids is 2. The molecule has 0 spiro atoms. The van der Waals surface area contributed by atoms with Gasteiger partial charge < -0.3 is 36.9 Å². The van der Waals surface area contributed by atoms with E-state index in [-0.39, 0.29) is 25.2 Å². The summed E-state index contributed by atoms with van der Waals surface area (Å²) in [6.45, 7) is 3.67. The number of hydrogen-bond acceptors (Lipinski definition) is 6. The van der Waals surface area contributed by atoms with E-state index in [9.17, 15) is 34.2 Å². The second kappa shape index (κ2) is 14.8. The maximum atomic E-state index is 13.3. The van der Waals surface area contributed by atoms with Crippen molar-refractivity contribution in [3.63, 3.8) is 0 Å². The lowest BCUT2D eigenvalue weighted by atomic mass is 10.0. The monoisotopic (exact) mass is 579 g/mol. The number of aromatic amines is 1. The summed E-state index contributed by atoms with van der Waals surface area (Å²) in [7, 11) is 0. The summed E-state index contributed by atoms with van der Waals surface area (Å²) >= 11 is 0. The van der Waals surface area contributed by atoms with Gasteiger partial charge in [0.1, 0.15) is 18.1 Å². The first-order valence-corrected chi connectivity index (χ1v) is 13.6. The van der Waals surface area contributed by atoms with Crippen LogP contribution >= 0.6 is 0 Å². The summed E-state index contributed by atoms with van der Waals surface area (Å²) in [4.78, 5) is 65.9. The minimum Gasteiger partial charge on any atom is -0.481 e. The molecule has 12 heteroatoms. The molecule has 42 heavy (non-hydrogen) atoms. The topological polar surface area (TPSA) is 204 Å². The van der Waals surface area contributed by atoms with Crippen LogP contribution in [0.4, 0.5) is 0 Å². The maximum absolute atomic E-state index is 13.3. The van der Waals surface area contributed by atoms with Crippen LogP contribution in [0, 0.1) is 5.92 Å². The summed E-state index contributed by atoms with van der Waals surface area (Å²) in [6, 6.07) is 11.3. The number of para-hydroxylation sites is 1.